The first kappa shape index (κ1) is 12.9. The number of rotatable bonds is 3. The lowest BCUT2D eigenvalue weighted by Crippen LogP contribution is -1.98. The predicted octanol–water partition coefficient (Wildman–Crippen LogP) is 3.47. The van der Waals surface area contributed by atoms with E-state index >= 15 is 0 Å². The molecule has 3 rings (SSSR count). The first-order chi connectivity index (χ1) is 10.2. The lowest BCUT2D eigenvalue weighted by molar-refractivity contribution is -0.383. The Morgan fingerprint density at radius 1 is 1.19 bits per heavy atom. The highest BCUT2D eigenvalue weighted by Crippen LogP contribution is 2.26. The first-order valence-electron chi connectivity index (χ1n) is 6.40. The van der Waals surface area contributed by atoms with Gasteiger partial charge in [0.1, 0.15) is 0 Å². The highest BCUT2D eigenvalue weighted by molar-refractivity contribution is 5.89. The lowest BCUT2D eigenvalue weighted by Gasteiger charge is -2.06. The van der Waals surface area contributed by atoms with E-state index in [9.17, 15) is 10.1 Å². The van der Waals surface area contributed by atoms with E-state index in [0.29, 0.717) is 17.5 Å². The average Bonchev–Trinajstić information content (AvgIpc) is 2.90. The maximum atomic E-state index is 11.0. The first-order valence-corrected chi connectivity index (χ1v) is 6.40. The highest BCUT2D eigenvalue weighted by Gasteiger charge is 2.13. The lowest BCUT2D eigenvalue weighted by atomic mass is 10.1. The second kappa shape index (κ2) is 5.10. The van der Waals surface area contributed by atoms with Crippen molar-refractivity contribution < 1.29 is 4.92 Å². The van der Waals surface area contributed by atoms with Crippen molar-refractivity contribution in [3.8, 4) is 6.07 Å². The fourth-order valence-electron chi connectivity index (χ4n) is 2.44. The second-order valence-corrected chi connectivity index (χ2v) is 4.72. The topological polar surface area (TPSA) is 71.9 Å². The summed E-state index contributed by atoms with van der Waals surface area (Å²) in [4.78, 5) is 10.7. The molecule has 5 nitrogen and oxygen atoms in total. The van der Waals surface area contributed by atoms with Gasteiger partial charge < -0.3 is 4.57 Å². The summed E-state index contributed by atoms with van der Waals surface area (Å²) in [6.45, 7) is 0.570. The molecule has 2 aromatic carbocycles. The third kappa shape index (κ3) is 2.35. The van der Waals surface area contributed by atoms with Crippen molar-refractivity contribution >= 4 is 16.6 Å². The van der Waals surface area contributed by atoms with Crippen LogP contribution in [-0.2, 0) is 6.54 Å². The monoisotopic (exact) mass is 277 g/mol. The Labute approximate surface area is 120 Å². The molecular weight excluding hydrogens is 266 g/mol. The molecule has 0 unspecified atom stereocenters. The molecule has 3 aromatic rings. The summed E-state index contributed by atoms with van der Waals surface area (Å²) in [5, 5.41) is 20.6. The van der Waals surface area contributed by atoms with E-state index in [0.717, 1.165) is 11.1 Å². The molecule has 0 atom stereocenters. The van der Waals surface area contributed by atoms with E-state index < -0.39 is 0 Å². The van der Waals surface area contributed by atoms with E-state index in [1.54, 1.807) is 18.2 Å². The maximum absolute atomic E-state index is 11.0. The number of benzene rings is 2. The number of fused-ring (bicyclic) bond motifs is 1. The van der Waals surface area contributed by atoms with Crippen LogP contribution in [0.5, 0.6) is 0 Å². The number of nitrogens with zero attached hydrogens (tertiary/aromatic N) is 3. The van der Waals surface area contributed by atoms with Crippen LogP contribution in [0.15, 0.2) is 54.7 Å². The Morgan fingerprint density at radius 2 is 2.00 bits per heavy atom. The SMILES string of the molecule is N#Cc1cccc(Cn2ccc3c([N+](=O)[O-])cccc32)c1. The van der Waals surface area contributed by atoms with Crippen molar-refractivity contribution in [2.24, 2.45) is 0 Å². The third-order valence-corrected chi connectivity index (χ3v) is 3.40. The summed E-state index contributed by atoms with van der Waals surface area (Å²) in [5.41, 5.74) is 2.51. The molecule has 0 aliphatic carbocycles. The predicted molar refractivity (Wildman–Crippen MR) is 78.9 cm³/mol. The van der Waals surface area contributed by atoms with Crippen LogP contribution in [0.4, 0.5) is 5.69 Å². The minimum Gasteiger partial charge on any atom is -0.343 e. The zero-order valence-electron chi connectivity index (χ0n) is 11.1. The maximum Gasteiger partial charge on any atom is 0.278 e. The minimum atomic E-state index is -0.372. The van der Waals surface area contributed by atoms with Gasteiger partial charge in [0.25, 0.3) is 5.69 Å². The number of aromatic nitrogens is 1. The quantitative estimate of drug-likeness (QED) is 0.543. The molecule has 1 aromatic heterocycles. The van der Waals surface area contributed by atoms with E-state index in [4.69, 9.17) is 5.26 Å². The molecule has 5 heteroatoms. The van der Waals surface area contributed by atoms with Gasteiger partial charge in [-0.15, -0.1) is 0 Å². The molecule has 0 aliphatic heterocycles. The molecule has 0 radical (unpaired) electrons. The van der Waals surface area contributed by atoms with Gasteiger partial charge in [0.05, 0.1) is 27.5 Å². The van der Waals surface area contributed by atoms with Crippen molar-refractivity contribution in [3.63, 3.8) is 0 Å². The van der Waals surface area contributed by atoms with Crippen LogP contribution in [0.3, 0.4) is 0 Å². The van der Waals surface area contributed by atoms with Crippen LogP contribution in [0, 0.1) is 21.4 Å². The zero-order valence-corrected chi connectivity index (χ0v) is 11.1. The molecule has 0 N–H and O–H groups in total. The van der Waals surface area contributed by atoms with Gasteiger partial charge in [0.2, 0.25) is 0 Å². The third-order valence-electron chi connectivity index (χ3n) is 3.40. The van der Waals surface area contributed by atoms with Gasteiger partial charge in [-0.3, -0.25) is 10.1 Å². The molecule has 0 spiro atoms. The number of nitro groups is 1. The standard InChI is InChI=1S/C16H11N3O2/c17-10-12-3-1-4-13(9-12)11-18-8-7-14-15(18)5-2-6-16(14)19(20)21/h1-9H,11H2. The van der Waals surface area contributed by atoms with E-state index in [-0.39, 0.29) is 10.6 Å². The Balaban J connectivity index is 2.04. The van der Waals surface area contributed by atoms with Crippen molar-refractivity contribution in [2.75, 3.05) is 0 Å². The Hall–Kier alpha value is -3.13. The van der Waals surface area contributed by atoms with Gasteiger partial charge in [-0.05, 0) is 29.8 Å². The molecule has 102 valence electrons. The van der Waals surface area contributed by atoms with Crippen LogP contribution in [0.1, 0.15) is 11.1 Å². The van der Waals surface area contributed by atoms with E-state index in [1.165, 1.54) is 6.07 Å². The number of nitro benzene ring substituents is 1. The molecular formula is C16H11N3O2. The molecule has 0 saturated carbocycles. The Bertz CT molecular complexity index is 875. The summed E-state index contributed by atoms with van der Waals surface area (Å²) < 4.78 is 1.94. The zero-order chi connectivity index (χ0) is 14.8. The summed E-state index contributed by atoms with van der Waals surface area (Å²) in [5.74, 6) is 0. The van der Waals surface area contributed by atoms with Crippen LogP contribution >= 0.6 is 0 Å². The Kier molecular flexibility index (Phi) is 3.13. The van der Waals surface area contributed by atoms with Gasteiger partial charge in [0.15, 0.2) is 0 Å². The van der Waals surface area contributed by atoms with Crippen molar-refractivity contribution in [3.05, 3.63) is 76.0 Å². The number of hydrogen-bond donors (Lipinski definition) is 0. The minimum absolute atomic E-state index is 0.108. The normalized spacial score (nSPS) is 10.4. The van der Waals surface area contributed by atoms with Gasteiger partial charge in [-0.25, -0.2) is 0 Å². The van der Waals surface area contributed by atoms with E-state index in [2.05, 4.69) is 6.07 Å². The Morgan fingerprint density at radius 3 is 2.76 bits per heavy atom. The summed E-state index contributed by atoms with van der Waals surface area (Å²) >= 11 is 0. The molecule has 0 amide bonds. The largest absolute Gasteiger partial charge is 0.343 e. The fraction of sp³-hybridized carbons (Fsp3) is 0.0625. The van der Waals surface area contributed by atoms with Crippen LogP contribution in [0.2, 0.25) is 0 Å². The molecule has 0 aliphatic rings. The van der Waals surface area contributed by atoms with Crippen molar-refractivity contribution in [1.29, 1.82) is 5.26 Å². The second-order valence-electron chi connectivity index (χ2n) is 4.72. The smallest absolute Gasteiger partial charge is 0.278 e. The molecule has 0 saturated heterocycles. The highest BCUT2D eigenvalue weighted by atomic mass is 16.6. The van der Waals surface area contributed by atoms with E-state index in [1.807, 2.05) is 35.0 Å². The van der Waals surface area contributed by atoms with Gasteiger partial charge in [-0.2, -0.15) is 5.26 Å². The summed E-state index contributed by atoms with van der Waals surface area (Å²) in [7, 11) is 0. The molecule has 1 heterocycles. The summed E-state index contributed by atoms with van der Waals surface area (Å²) in [6.07, 6.45) is 1.83. The van der Waals surface area contributed by atoms with Gasteiger partial charge >= 0.3 is 0 Å². The van der Waals surface area contributed by atoms with Gasteiger partial charge in [0, 0.05) is 18.8 Å². The summed E-state index contributed by atoms with van der Waals surface area (Å²) in [6, 6.07) is 16.2. The average molecular weight is 277 g/mol. The van der Waals surface area contributed by atoms with Gasteiger partial charge in [-0.1, -0.05) is 18.2 Å². The molecule has 0 fully saturated rings. The molecule has 21 heavy (non-hydrogen) atoms. The van der Waals surface area contributed by atoms with Crippen LogP contribution in [-0.4, -0.2) is 9.49 Å². The number of non-ortho nitro benzene ring substituents is 1. The number of nitriles is 1. The molecule has 0 bridgehead atoms. The van der Waals surface area contributed by atoms with Crippen molar-refractivity contribution in [1.82, 2.24) is 4.57 Å². The van der Waals surface area contributed by atoms with Crippen LogP contribution in [0.25, 0.3) is 10.9 Å². The fourth-order valence-corrected chi connectivity index (χ4v) is 2.44. The van der Waals surface area contributed by atoms with Crippen LogP contribution < -0.4 is 0 Å². The van der Waals surface area contributed by atoms with Crippen molar-refractivity contribution in [2.45, 2.75) is 6.54 Å². The number of hydrogen-bond acceptors (Lipinski definition) is 3.